The summed E-state index contributed by atoms with van der Waals surface area (Å²) in [5.74, 6) is -4.80. The smallest absolute Gasteiger partial charge is 0.303 e. The van der Waals surface area contributed by atoms with Crippen LogP contribution in [0.4, 0.5) is 26.3 Å². The molecule has 0 aliphatic rings. The highest BCUT2D eigenvalue weighted by Gasteiger charge is 2.36. The van der Waals surface area contributed by atoms with Crippen LogP contribution in [0.25, 0.3) is 11.3 Å². The van der Waals surface area contributed by atoms with Crippen molar-refractivity contribution in [3.05, 3.63) is 93.0 Å². The minimum absolute atomic E-state index is 0.183. The van der Waals surface area contributed by atoms with Crippen LogP contribution in [0.3, 0.4) is 0 Å². The molecule has 2 aromatic carbocycles. The molecule has 3 nitrogen and oxygen atoms in total. The van der Waals surface area contributed by atoms with Gasteiger partial charge in [0.2, 0.25) is 0 Å². The third-order valence-corrected chi connectivity index (χ3v) is 4.23. The Hall–Kier alpha value is -3.54. The molecular formula is C20H10F6N2O. The molecule has 0 saturated heterocycles. The van der Waals surface area contributed by atoms with Crippen molar-refractivity contribution < 1.29 is 26.3 Å². The predicted octanol–water partition coefficient (Wildman–Crippen LogP) is 4.87. The number of alkyl halides is 3. The van der Waals surface area contributed by atoms with E-state index in [4.69, 9.17) is 5.26 Å². The van der Waals surface area contributed by atoms with Gasteiger partial charge in [0, 0.05) is 5.56 Å². The normalized spacial score (nSPS) is 11.3. The van der Waals surface area contributed by atoms with E-state index in [1.165, 1.54) is 30.3 Å². The van der Waals surface area contributed by atoms with Crippen LogP contribution in [-0.4, -0.2) is 4.57 Å². The zero-order valence-corrected chi connectivity index (χ0v) is 14.4. The monoisotopic (exact) mass is 408 g/mol. The Labute approximate surface area is 160 Å². The van der Waals surface area contributed by atoms with Crippen LogP contribution in [0.5, 0.6) is 0 Å². The summed E-state index contributed by atoms with van der Waals surface area (Å²) in [5.41, 5.74) is -4.49. The van der Waals surface area contributed by atoms with Gasteiger partial charge in [-0.1, -0.05) is 36.4 Å². The van der Waals surface area contributed by atoms with Crippen LogP contribution in [0.15, 0.2) is 53.3 Å². The largest absolute Gasteiger partial charge is 0.417 e. The molecular weight excluding hydrogens is 398 g/mol. The summed E-state index contributed by atoms with van der Waals surface area (Å²) >= 11 is 0. The number of hydrogen-bond donors (Lipinski definition) is 0. The van der Waals surface area contributed by atoms with Crippen LogP contribution in [-0.2, 0) is 12.7 Å². The number of rotatable bonds is 3. The fraction of sp³-hybridized carbons (Fsp3) is 0.100. The average molecular weight is 408 g/mol. The number of nitrogens with zero attached hydrogens (tertiary/aromatic N) is 2. The van der Waals surface area contributed by atoms with Gasteiger partial charge >= 0.3 is 6.18 Å². The zero-order valence-electron chi connectivity index (χ0n) is 14.4. The van der Waals surface area contributed by atoms with E-state index in [1.807, 2.05) is 0 Å². The Kier molecular flexibility index (Phi) is 5.20. The number of pyridine rings is 1. The second-order valence-corrected chi connectivity index (χ2v) is 6.02. The van der Waals surface area contributed by atoms with E-state index in [2.05, 4.69) is 0 Å². The molecule has 0 N–H and O–H groups in total. The van der Waals surface area contributed by atoms with Crippen molar-refractivity contribution in [1.82, 2.24) is 4.57 Å². The average Bonchev–Trinajstić information content (AvgIpc) is 2.69. The molecule has 1 aromatic heterocycles. The first-order valence-electron chi connectivity index (χ1n) is 8.08. The molecule has 0 amide bonds. The minimum atomic E-state index is -4.99. The molecule has 0 fully saturated rings. The Morgan fingerprint density at radius 1 is 0.966 bits per heavy atom. The number of aromatic nitrogens is 1. The van der Waals surface area contributed by atoms with Crippen molar-refractivity contribution in [2.45, 2.75) is 12.7 Å². The van der Waals surface area contributed by atoms with E-state index < -0.39 is 52.4 Å². The highest BCUT2D eigenvalue weighted by molar-refractivity contribution is 5.62. The Bertz CT molecular complexity index is 1180. The summed E-state index contributed by atoms with van der Waals surface area (Å²) in [5, 5.41) is 9.10. The maximum atomic E-state index is 14.1. The highest BCUT2D eigenvalue weighted by atomic mass is 19.4. The second-order valence-electron chi connectivity index (χ2n) is 6.02. The van der Waals surface area contributed by atoms with Gasteiger partial charge in [0.05, 0.1) is 17.8 Å². The maximum absolute atomic E-state index is 14.1. The first kappa shape index (κ1) is 20.2. The van der Waals surface area contributed by atoms with Gasteiger partial charge in [-0.15, -0.1) is 0 Å². The molecule has 3 aromatic rings. The Balaban J connectivity index is 2.32. The van der Waals surface area contributed by atoms with Gasteiger partial charge in [0.1, 0.15) is 11.6 Å². The van der Waals surface area contributed by atoms with Gasteiger partial charge in [-0.05, 0) is 17.7 Å². The van der Waals surface area contributed by atoms with Crippen LogP contribution < -0.4 is 5.56 Å². The lowest BCUT2D eigenvalue weighted by Gasteiger charge is -2.18. The molecule has 0 aliphatic carbocycles. The molecule has 148 valence electrons. The Morgan fingerprint density at radius 3 is 2.21 bits per heavy atom. The molecule has 0 radical (unpaired) electrons. The van der Waals surface area contributed by atoms with E-state index >= 15 is 0 Å². The lowest BCUT2D eigenvalue weighted by Crippen LogP contribution is -2.29. The number of nitriles is 1. The van der Waals surface area contributed by atoms with Gasteiger partial charge in [0.15, 0.2) is 17.5 Å². The van der Waals surface area contributed by atoms with Gasteiger partial charge < -0.3 is 4.57 Å². The third kappa shape index (κ3) is 3.74. The summed E-state index contributed by atoms with van der Waals surface area (Å²) < 4.78 is 81.7. The second kappa shape index (κ2) is 7.47. The standard InChI is InChI=1S/C20H10F6N2O/c21-15-7-6-12(17(22)18(15)23)10-28-16(11-4-2-1-3-5-11)8-14(20(24,25)26)13(9-27)19(28)29/h1-8H,10H2. The fourth-order valence-electron chi connectivity index (χ4n) is 2.84. The van der Waals surface area contributed by atoms with Gasteiger partial charge in [-0.2, -0.15) is 18.4 Å². The number of halogens is 6. The van der Waals surface area contributed by atoms with E-state index in [1.54, 1.807) is 6.07 Å². The number of hydrogen-bond acceptors (Lipinski definition) is 2. The lowest BCUT2D eigenvalue weighted by atomic mass is 10.0. The van der Waals surface area contributed by atoms with Crippen molar-refractivity contribution in [2.75, 3.05) is 0 Å². The van der Waals surface area contributed by atoms with E-state index in [0.717, 1.165) is 10.6 Å². The molecule has 3 rings (SSSR count). The van der Waals surface area contributed by atoms with Crippen LogP contribution >= 0.6 is 0 Å². The number of benzene rings is 2. The molecule has 0 bridgehead atoms. The molecule has 0 spiro atoms. The Morgan fingerprint density at radius 2 is 1.62 bits per heavy atom. The molecule has 0 unspecified atom stereocenters. The summed E-state index contributed by atoms with van der Waals surface area (Å²) in [6, 6.07) is 10.8. The highest BCUT2D eigenvalue weighted by Crippen LogP contribution is 2.33. The molecule has 0 atom stereocenters. The summed E-state index contributed by atoms with van der Waals surface area (Å²) in [7, 11) is 0. The van der Waals surface area contributed by atoms with Crippen LogP contribution in [0.2, 0.25) is 0 Å². The summed E-state index contributed by atoms with van der Waals surface area (Å²) in [6.45, 7) is -0.709. The van der Waals surface area contributed by atoms with E-state index in [9.17, 15) is 31.1 Å². The van der Waals surface area contributed by atoms with Crippen molar-refractivity contribution in [2.24, 2.45) is 0 Å². The SMILES string of the molecule is N#Cc1c(C(F)(F)F)cc(-c2ccccc2)n(Cc2ccc(F)c(F)c2F)c1=O. The molecule has 29 heavy (non-hydrogen) atoms. The molecule has 0 aliphatic heterocycles. The maximum Gasteiger partial charge on any atom is 0.417 e. The lowest BCUT2D eigenvalue weighted by molar-refractivity contribution is -0.137. The third-order valence-electron chi connectivity index (χ3n) is 4.23. The quantitative estimate of drug-likeness (QED) is 0.459. The molecule has 0 saturated carbocycles. The molecule has 9 heteroatoms. The first-order chi connectivity index (χ1) is 13.6. The van der Waals surface area contributed by atoms with Crippen molar-refractivity contribution in [3.8, 4) is 17.3 Å². The van der Waals surface area contributed by atoms with Crippen molar-refractivity contribution >= 4 is 0 Å². The minimum Gasteiger partial charge on any atom is -0.303 e. The summed E-state index contributed by atoms with van der Waals surface area (Å²) in [4.78, 5) is 12.7. The zero-order chi connectivity index (χ0) is 21.3. The first-order valence-corrected chi connectivity index (χ1v) is 8.08. The van der Waals surface area contributed by atoms with E-state index in [-0.39, 0.29) is 11.3 Å². The van der Waals surface area contributed by atoms with Gasteiger partial charge in [-0.3, -0.25) is 4.79 Å². The van der Waals surface area contributed by atoms with E-state index in [0.29, 0.717) is 12.1 Å². The van der Waals surface area contributed by atoms with Crippen molar-refractivity contribution in [3.63, 3.8) is 0 Å². The van der Waals surface area contributed by atoms with Crippen LogP contribution in [0.1, 0.15) is 16.7 Å². The van der Waals surface area contributed by atoms with Gasteiger partial charge in [-0.25, -0.2) is 13.2 Å². The topological polar surface area (TPSA) is 45.8 Å². The van der Waals surface area contributed by atoms with Crippen molar-refractivity contribution in [1.29, 1.82) is 5.26 Å². The molecule has 1 heterocycles. The fourth-order valence-corrected chi connectivity index (χ4v) is 2.84. The van der Waals surface area contributed by atoms with Gasteiger partial charge in [0.25, 0.3) is 5.56 Å². The summed E-state index contributed by atoms with van der Waals surface area (Å²) in [6.07, 6.45) is -4.99. The van der Waals surface area contributed by atoms with Crippen LogP contribution in [0, 0.1) is 28.8 Å². The predicted molar refractivity (Wildman–Crippen MR) is 91.3 cm³/mol.